The smallest absolute Gasteiger partial charge is 0.323 e. The van der Waals surface area contributed by atoms with Crippen molar-refractivity contribution in [3.8, 4) is 0 Å². The van der Waals surface area contributed by atoms with Crippen molar-refractivity contribution >= 4 is 5.97 Å². The first-order valence-corrected chi connectivity index (χ1v) is 4.02. The van der Waals surface area contributed by atoms with E-state index in [0.717, 1.165) is 5.76 Å². The summed E-state index contributed by atoms with van der Waals surface area (Å²) in [5.74, 6) is 1.09. The van der Waals surface area contributed by atoms with Crippen molar-refractivity contribution in [2.45, 2.75) is 19.4 Å². The van der Waals surface area contributed by atoms with Crippen LogP contribution in [0.25, 0.3) is 0 Å². The van der Waals surface area contributed by atoms with Crippen molar-refractivity contribution in [3.05, 3.63) is 23.7 Å². The zero-order chi connectivity index (χ0) is 9.84. The number of esters is 1. The number of carbonyl (C=O) groups excluding carboxylic acids is 1. The van der Waals surface area contributed by atoms with Crippen LogP contribution >= 0.6 is 0 Å². The Morgan fingerprint density at radius 1 is 1.69 bits per heavy atom. The van der Waals surface area contributed by atoms with Gasteiger partial charge in [0.05, 0.1) is 7.11 Å². The number of nitrogens with two attached hydrogens (primary N) is 1. The quantitative estimate of drug-likeness (QED) is 0.698. The average Bonchev–Trinajstić information content (AvgIpc) is 2.49. The van der Waals surface area contributed by atoms with Gasteiger partial charge in [0.15, 0.2) is 0 Å². The molecule has 1 unspecified atom stereocenters. The molecule has 72 valence electrons. The monoisotopic (exact) mass is 183 g/mol. The maximum absolute atomic E-state index is 10.9. The van der Waals surface area contributed by atoms with E-state index in [0.29, 0.717) is 12.2 Å². The lowest BCUT2D eigenvalue weighted by atomic mass is 10.2. The van der Waals surface area contributed by atoms with Crippen molar-refractivity contribution in [1.29, 1.82) is 0 Å². The van der Waals surface area contributed by atoms with E-state index in [-0.39, 0.29) is 0 Å². The highest BCUT2D eigenvalue weighted by Gasteiger charge is 2.15. The first-order chi connectivity index (χ1) is 6.13. The number of furan rings is 1. The number of hydrogen-bond donors (Lipinski definition) is 1. The topological polar surface area (TPSA) is 65.5 Å². The molecule has 0 aliphatic heterocycles. The van der Waals surface area contributed by atoms with Crippen LogP contribution in [0.5, 0.6) is 0 Å². The molecule has 0 fully saturated rings. The highest BCUT2D eigenvalue weighted by atomic mass is 16.5. The van der Waals surface area contributed by atoms with E-state index in [2.05, 4.69) is 4.74 Å². The van der Waals surface area contributed by atoms with Gasteiger partial charge in [-0.15, -0.1) is 0 Å². The fourth-order valence-corrected chi connectivity index (χ4v) is 1.05. The number of rotatable bonds is 3. The fraction of sp³-hybridized carbons (Fsp3) is 0.444. The molecule has 0 saturated heterocycles. The van der Waals surface area contributed by atoms with E-state index in [9.17, 15) is 4.79 Å². The molecule has 0 spiro atoms. The fourth-order valence-electron chi connectivity index (χ4n) is 1.05. The molecule has 4 heteroatoms. The van der Waals surface area contributed by atoms with Gasteiger partial charge in [-0.1, -0.05) is 0 Å². The van der Waals surface area contributed by atoms with Gasteiger partial charge < -0.3 is 14.9 Å². The van der Waals surface area contributed by atoms with Crippen LogP contribution < -0.4 is 5.73 Å². The highest BCUT2D eigenvalue weighted by molar-refractivity contribution is 5.75. The highest BCUT2D eigenvalue weighted by Crippen LogP contribution is 2.08. The molecule has 1 rings (SSSR count). The van der Waals surface area contributed by atoms with Gasteiger partial charge >= 0.3 is 5.97 Å². The van der Waals surface area contributed by atoms with E-state index in [1.807, 2.05) is 13.0 Å². The summed E-state index contributed by atoms with van der Waals surface area (Å²) in [4.78, 5) is 10.9. The number of aryl methyl sites for hydroxylation is 1. The van der Waals surface area contributed by atoms with Gasteiger partial charge in [-0.3, -0.25) is 4.79 Å². The van der Waals surface area contributed by atoms with Crippen molar-refractivity contribution in [2.24, 2.45) is 5.73 Å². The van der Waals surface area contributed by atoms with Gasteiger partial charge in [0, 0.05) is 6.42 Å². The third kappa shape index (κ3) is 2.59. The zero-order valence-corrected chi connectivity index (χ0v) is 7.74. The van der Waals surface area contributed by atoms with Crippen LogP contribution in [0.1, 0.15) is 11.5 Å². The molecule has 4 nitrogen and oxygen atoms in total. The summed E-state index contributed by atoms with van der Waals surface area (Å²) in [6.45, 7) is 1.84. The molecular formula is C9H13NO3. The first-order valence-electron chi connectivity index (χ1n) is 4.02. The molecule has 0 bridgehead atoms. The summed E-state index contributed by atoms with van der Waals surface area (Å²) in [6, 6.07) is 2.99. The van der Waals surface area contributed by atoms with Crippen LogP contribution in [-0.2, 0) is 16.0 Å². The standard InChI is InChI=1S/C9H13NO3/c1-6-3-4-7(13-6)5-8(10)9(11)12-2/h3-4,8H,5,10H2,1-2H3. The first kappa shape index (κ1) is 9.80. The van der Waals surface area contributed by atoms with Crippen LogP contribution in [0.15, 0.2) is 16.5 Å². The largest absolute Gasteiger partial charge is 0.468 e. The lowest BCUT2D eigenvalue weighted by Gasteiger charge is -2.06. The Bertz CT molecular complexity index is 293. The van der Waals surface area contributed by atoms with Gasteiger partial charge in [0.1, 0.15) is 17.6 Å². The van der Waals surface area contributed by atoms with Crippen LogP contribution in [0.4, 0.5) is 0 Å². The van der Waals surface area contributed by atoms with Gasteiger partial charge in [0.2, 0.25) is 0 Å². The predicted octanol–water partition coefficient (Wildman–Crippen LogP) is 0.631. The summed E-state index contributed by atoms with van der Waals surface area (Å²) in [5, 5.41) is 0. The SMILES string of the molecule is COC(=O)C(N)Cc1ccc(C)o1. The lowest BCUT2D eigenvalue weighted by molar-refractivity contribution is -0.142. The second-order valence-electron chi connectivity index (χ2n) is 2.85. The molecule has 0 saturated carbocycles. The summed E-state index contributed by atoms with van der Waals surface area (Å²) in [6.07, 6.45) is 0.376. The van der Waals surface area contributed by atoms with Crippen LogP contribution in [0.3, 0.4) is 0 Å². The second kappa shape index (κ2) is 4.09. The van der Waals surface area contributed by atoms with E-state index >= 15 is 0 Å². The van der Waals surface area contributed by atoms with E-state index in [1.54, 1.807) is 6.07 Å². The third-order valence-corrected chi connectivity index (χ3v) is 1.72. The molecule has 0 amide bonds. The van der Waals surface area contributed by atoms with Gasteiger partial charge in [-0.05, 0) is 19.1 Å². The van der Waals surface area contributed by atoms with Crippen molar-refractivity contribution < 1.29 is 13.9 Å². The summed E-state index contributed by atoms with van der Waals surface area (Å²) >= 11 is 0. The molecule has 1 aromatic rings. The van der Waals surface area contributed by atoms with E-state index < -0.39 is 12.0 Å². The Morgan fingerprint density at radius 3 is 2.85 bits per heavy atom. The second-order valence-corrected chi connectivity index (χ2v) is 2.85. The van der Waals surface area contributed by atoms with E-state index in [1.165, 1.54) is 7.11 Å². The number of carbonyl (C=O) groups is 1. The van der Waals surface area contributed by atoms with Crippen molar-refractivity contribution in [2.75, 3.05) is 7.11 Å². The van der Waals surface area contributed by atoms with Crippen LogP contribution in [0, 0.1) is 6.92 Å². The normalized spacial score (nSPS) is 12.5. The van der Waals surface area contributed by atoms with Gasteiger partial charge in [-0.2, -0.15) is 0 Å². The van der Waals surface area contributed by atoms with Gasteiger partial charge in [0.25, 0.3) is 0 Å². The molecule has 0 aromatic carbocycles. The lowest BCUT2D eigenvalue weighted by Crippen LogP contribution is -2.33. The maximum atomic E-state index is 10.9. The van der Waals surface area contributed by atoms with Crippen molar-refractivity contribution in [1.82, 2.24) is 0 Å². The van der Waals surface area contributed by atoms with Crippen LogP contribution in [0.2, 0.25) is 0 Å². The average molecular weight is 183 g/mol. The number of ether oxygens (including phenoxy) is 1. The maximum Gasteiger partial charge on any atom is 0.323 e. The predicted molar refractivity (Wildman–Crippen MR) is 47.1 cm³/mol. The molecule has 1 heterocycles. The van der Waals surface area contributed by atoms with E-state index in [4.69, 9.17) is 10.2 Å². The Labute approximate surface area is 76.7 Å². The molecule has 2 N–H and O–H groups in total. The third-order valence-electron chi connectivity index (χ3n) is 1.72. The molecule has 13 heavy (non-hydrogen) atoms. The molecule has 0 aliphatic rings. The summed E-state index contributed by atoms with van der Waals surface area (Å²) in [5.41, 5.74) is 5.53. The summed E-state index contributed by atoms with van der Waals surface area (Å²) in [7, 11) is 1.32. The minimum Gasteiger partial charge on any atom is -0.468 e. The number of methoxy groups -OCH3 is 1. The minimum absolute atomic E-state index is 0.376. The molecular weight excluding hydrogens is 170 g/mol. The van der Waals surface area contributed by atoms with Gasteiger partial charge in [-0.25, -0.2) is 0 Å². The minimum atomic E-state index is -0.643. The molecule has 1 atom stereocenters. The Hall–Kier alpha value is -1.29. The number of hydrogen-bond acceptors (Lipinski definition) is 4. The Morgan fingerprint density at radius 2 is 2.38 bits per heavy atom. The van der Waals surface area contributed by atoms with Crippen LogP contribution in [-0.4, -0.2) is 19.1 Å². The Balaban J connectivity index is 2.54. The molecule has 0 radical (unpaired) electrons. The van der Waals surface area contributed by atoms with Crippen molar-refractivity contribution in [3.63, 3.8) is 0 Å². The Kier molecular flexibility index (Phi) is 3.08. The zero-order valence-electron chi connectivity index (χ0n) is 7.74. The summed E-state index contributed by atoms with van der Waals surface area (Å²) < 4.78 is 9.75. The molecule has 1 aromatic heterocycles. The molecule has 0 aliphatic carbocycles.